The van der Waals surface area contributed by atoms with E-state index in [1.54, 1.807) is 18.4 Å². The largest absolute Gasteiger partial charge is 0.345 e. The summed E-state index contributed by atoms with van der Waals surface area (Å²) in [5.41, 5.74) is 1.70. The monoisotopic (exact) mass is 279 g/mol. The van der Waals surface area contributed by atoms with Crippen molar-refractivity contribution in [3.8, 4) is 0 Å². The third kappa shape index (κ3) is 3.02. The number of thiazole rings is 1. The van der Waals surface area contributed by atoms with Crippen LogP contribution in [0, 0.1) is 0 Å². The van der Waals surface area contributed by atoms with Crippen molar-refractivity contribution in [1.29, 1.82) is 0 Å². The molecule has 0 radical (unpaired) electrons. The number of anilines is 1. The van der Waals surface area contributed by atoms with Gasteiger partial charge >= 0.3 is 6.03 Å². The van der Waals surface area contributed by atoms with Crippen molar-refractivity contribution in [2.24, 2.45) is 0 Å². The molecule has 0 atom stereocenters. The lowest BCUT2D eigenvalue weighted by Crippen LogP contribution is -2.30. The molecule has 0 unspecified atom stereocenters. The van der Waals surface area contributed by atoms with Crippen LogP contribution in [0.4, 0.5) is 10.5 Å². The second-order valence-corrected chi connectivity index (χ2v) is 5.56. The Morgan fingerprint density at radius 1 is 1.47 bits per heavy atom. The van der Waals surface area contributed by atoms with Crippen LogP contribution >= 0.6 is 11.3 Å². The molecule has 102 valence electrons. The number of urea groups is 1. The molecule has 0 fully saturated rings. The third-order valence-electron chi connectivity index (χ3n) is 2.71. The summed E-state index contributed by atoms with van der Waals surface area (Å²) in [5.74, 6) is 0.412. The van der Waals surface area contributed by atoms with Crippen LogP contribution in [-0.4, -0.2) is 30.2 Å². The molecule has 6 heteroatoms. The zero-order chi connectivity index (χ0) is 14.0. The molecule has 1 heterocycles. The fraction of sp³-hybridized carbons (Fsp3) is 0.385. The molecule has 1 aromatic carbocycles. The number of hydroxylamine groups is 2. The maximum absolute atomic E-state index is 11.7. The van der Waals surface area contributed by atoms with Gasteiger partial charge in [-0.15, -0.1) is 11.3 Å². The Balaban J connectivity index is 2.24. The second kappa shape index (κ2) is 5.54. The third-order valence-corrected chi connectivity index (χ3v) is 4.03. The summed E-state index contributed by atoms with van der Waals surface area (Å²) in [6.45, 7) is 4.24. The molecule has 2 aromatic rings. The number of hydrogen-bond acceptors (Lipinski definition) is 4. The molecule has 0 bridgehead atoms. The fourth-order valence-electron chi connectivity index (χ4n) is 1.55. The molecule has 2 amide bonds. The Labute approximate surface area is 116 Å². The zero-order valence-electron chi connectivity index (χ0n) is 11.4. The number of rotatable bonds is 3. The van der Waals surface area contributed by atoms with Crippen molar-refractivity contribution in [3.05, 3.63) is 23.2 Å². The Kier molecular flexibility index (Phi) is 4.01. The summed E-state index contributed by atoms with van der Waals surface area (Å²) >= 11 is 1.65. The average molecular weight is 279 g/mol. The number of benzene rings is 1. The molecule has 0 aliphatic rings. The van der Waals surface area contributed by atoms with Gasteiger partial charge in [0.05, 0.1) is 22.3 Å². The van der Waals surface area contributed by atoms with Crippen molar-refractivity contribution < 1.29 is 9.63 Å². The van der Waals surface area contributed by atoms with Gasteiger partial charge in [-0.05, 0) is 18.2 Å². The highest BCUT2D eigenvalue weighted by Crippen LogP contribution is 2.29. The van der Waals surface area contributed by atoms with Crippen LogP contribution in [0.5, 0.6) is 0 Å². The normalized spacial score (nSPS) is 11.0. The van der Waals surface area contributed by atoms with Gasteiger partial charge in [-0.25, -0.2) is 14.8 Å². The smallest absolute Gasteiger partial charge is 0.306 e. The van der Waals surface area contributed by atoms with E-state index < -0.39 is 0 Å². The second-order valence-electron chi connectivity index (χ2n) is 4.50. The van der Waals surface area contributed by atoms with Gasteiger partial charge in [-0.3, -0.25) is 4.84 Å². The molecule has 0 spiro atoms. The Bertz CT molecular complexity index is 595. The first-order valence-electron chi connectivity index (χ1n) is 6.00. The van der Waals surface area contributed by atoms with E-state index in [0.717, 1.165) is 26.0 Å². The lowest BCUT2D eigenvalue weighted by Gasteiger charge is -2.14. The van der Waals surface area contributed by atoms with Gasteiger partial charge in [0.2, 0.25) is 0 Å². The van der Waals surface area contributed by atoms with Crippen LogP contribution in [0.25, 0.3) is 10.2 Å². The molecular weight excluding hydrogens is 262 g/mol. The summed E-state index contributed by atoms with van der Waals surface area (Å²) < 4.78 is 1.07. The van der Waals surface area contributed by atoms with E-state index in [2.05, 4.69) is 24.1 Å². The highest BCUT2D eigenvalue weighted by molar-refractivity contribution is 7.18. The molecule has 0 saturated carbocycles. The molecule has 0 saturated heterocycles. The van der Waals surface area contributed by atoms with E-state index in [9.17, 15) is 4.79 Å². The van der Waals surface area contributed by atoms with E-state index >= 15 is 0 Å². The maximum Gasteiger partial charge on any atom is 0.345 e. The van der Waals surface area contributed by atoms with E-state index in [1.165, 1.54) is 7.11 Å². The van der Waals surface area contributed by atoms with Crippen LogP contribution in [-0.2, 0) is 4.84 Å². The van der Waals surface area contributed by atoms with Crippen LogP contribution in [0.2, 0.25) is 0 Å². The summed E-state index contributed by atoms with van der Waals surface area (Å²) in [7, 11) is 3.00. The van der Waals surface area contributed by atoms with Crippen LogP contribution in [0.1, 0.15) is 24.8 Å². The van der Waals surface area contributed by atoms with E-state index in [1.807, 2.05) is 18.2 Å². The first kappa shape index (κ1) is 13.8. The molecule has 0 aliphatic heterocycles. The highest BCUT2D eigenvalue weighted by atomic mass is 32.1. The standard InChI is InChI=1S/C13H17N3O2S/c1-8(2)12-15-10-6-5-9(7-11(10)19-12)14-13(17)16(3)18-4/h5-8H,1-4H3,(H,14,17). The number of carbonyl (C=O) groups is 1. The molecule has 2 rings (SSSR count). The van der Waals surface area contributed by atoms with Crippen LogP contribution < -0.4 is 5.32 Å². The minimum absolute atomic E-state index is 0.310. The predicted molar refractivity (Wildman–Crippen MR) is 77.5 cm³/mol. The lowest BCUT2D eigenvalue weighted by atomic mass is 10.2. The number of nitrogens with zero attached hydrogens (tertiary/aromatic N) is 2. The number of amides is 2. The van der Waals surface area contributed by atoms with Crippen molar-refractivity contribution in [1.82, 2.24) is 10.0 Å². The number of fused-ring (bicyclic) bond motifs is 1. The van der Waals surface area contributed by atoms with Crippen LogP contribution in [0.15, 0.2) is 18.2 Å². The van der Waals surface area contributed by atoms with Gasteiger partial charge in [0.1, 0.15) is 0 Å². The molecule has 1 N–H and O–H groups in total. The van der Waals surface area contributed by atoms with Crippen molar-refractivity contribution >= 4 is 33.3 Å². The quantitative estimate of drug-likeness (QED) is 0.876. The minimum Gasteiger partial charge on any atom is -0.306 e. The summed E-state index contributed by atoms with van der Waals surface area (Å²) in [5, 5.41) is 5.00. The van der Waals surface area contributed by atoms with Crippen molar-refractivity contribution in [2.45, 2.75) is 19.8 Å². The first-order valence-corrected chi connectivity index (χ1v) is 6.82. The van der Waals surface area contributed by atoms with Crippen molar-refractivity contribution in [2.75, 3.05) is 19.5 Å². The summed E-state index contributed by atoms with van der Waals surface area (Å²) in [6.07, 6.45) is 0. The maximum atomic E-state index is 11.7. The number of aromatic nitrogens is 1. The topological polar surface area (TPSA) is 54.5 Å². The zero-order valence-corrected chi connectivity index (χ0v) is 12.2. The van der Waals surface area contributed by atoms with Gasteiger partial charge < -0.3 is 5.32 Å². The first-order chi connectivity index (χ1) is 9.01. The van der Waals surface area contributed by atoms with Gasteiger partial charge in [0.15, 0.2) is 0 Å². The van der Waals surface area contributed by atoms with Gasteiger partial charge in [0, 0.05) is 18.7 Å². The van der Waals surface area contributed by atoms with E-state index in [4.69, 9.17) is 4.84 Å². The number of carbonyl (C=O) groups excluding carboxylic acids is 1. The van der Waals surface area contributed by atoms with Gasteiger partial charge in [0.25, 0.3) is 0 Å². The predicted octanol–water partition coefficient (Wildman–Crippen LogP) is 3.44. The summed E-state index contributed by atoms with van der Waals surface area (Å²) in [4.78, 5) is 21.0. The Hall–Kier alpha value is -1.66. The molecule has 19 heavy (non-hydrogen) atoms. The minimum atomic E-state index is -0.310. The fourth-order valence-corrected chi connectivity index (χ4v) is 2.56. The number of hydrogen-bond donors (Lipinski definition) is 1. The van der Waals surface area contributed by atoms with Crippen LogP contribution in [0.3, 0.4) is 0 Å². The Morgan fingerprint density at radius 3 is 2.84 bits per heavy atom. The van der Waals surface area contributed by atoms with Crippen molar-refractivity contribution in [3.63, 3.8) is 0 Å². The molecule has 0 aliphatic carbocycles. The van der Waals surface area contributed by atoms with Gasteiger partial charge in [-0.1, -0.05) is 13.8 Å². The Morgan fingerprint density at radius 2 is 2.21 bits per heavy atom. The average Bonchev–Trinajstić information content (AvgIpc) is 2.81. The number of nitrogens with one attached hydrogen (secondary N) is 1. The van der Waals surface area contributed by atoms with Gasteiger partial charge in [-0.2, -0.15) is 0 Å². The van der Waals surface area contributed by atoms with E-state index in [0.29, 0.717) is 5.92 Å². The molecule has 1 aromatic heterocycles. The molecule has 5 nitrogen and oxygen atoms in total. The lowest BCUT2D eigenvalue weighted by molar-refractivity contribution is -0.0598. The summed E-state index contributed by atoms with van der Waals surface area (Å²) in [6, 6.07) is 5.38. The SMILES string of the molecule is CON(C)C(=O)Nc1ccc2nc(C(C)C)sc2c1. The molecular formula is C13H17N3O2S. The van der Waals surface area contributed by atoms with E-state index in [-0.39, 0.29) is 6.03 Å². The highest BCUT2D eigenvalue weighted by Gasteiger charge is 2.10.